The maximum Gasteiger partial charge on any atom is 0.336 e. The number of aromatic carboxylic acids is 1. The quantitative estimate of drug-likeness (QED) is 0.918. The number of carbonyl (C=O) groups excluding carboxylic acids is 1. The molecule has 1 N–H and O–H groups in total. The summed E-state index contributed by atoms with van der Waals surface area (Å²) in [5, 5.41) is 9.25. The zero-order chi connectivity index (χ0) is 14.7. The van der Waals surface area contributed by atoms with Gasteiger partial charge in [0.05, 0.1) is 5.56 Å². The fourth-order valence-electron chi connectivity index (χ4n) is 2.64. The molecule has 1 heterocycles. The van der Waals surface area contributed by atoms with E-state index < -0.39 is 5.97 Å². The van der Waals surface area contributed by atoms with Crippen molar-refractivity contribution >= 4 is 17.6 Å². The molecule has 20 heavy (non-hydrogen) atoms. The molecule has 4 heteroatoms. The predicted molar refractivity (Wildman–Crippen MR) is 78.1 cm³/mol. The van der Waals surface area contributed by atoms with E-state index in [0.717, 1.165) is 30.5 Å². The van der Waals surface area contributed by atoms with E-state index in [9.17, 15) is 14.7 Å². The van der Waals surface area contributed by atoms with E-state index in [-0.39, 0.29) is 5.91 Å². The van der Waals surface area contributed by atoms with Crippen molar-refractivity contribution in [1.82, 2.24) is 0 Å². The number of hydrogen-bond donors (Lipinski definition) is 1. The Kier molecular flexibility index (Phi) is 4.42. The van der Waals surface area contributed by atoms with Gasteiger partial charge in [0.2, 0.25) is 5.91 Å². The molecule has 4 nitrogen and oxygen atoms in total. The number of carboxylic acids is 1. The van der Waals surface area contributed by atoms with Crippen molar-refractivity contribution < 1.29 is 14.7 Å². The van der Waals surface area contributed by atoms with Gasteiger partial charge in [-0.15, -0.1) is 0 Å². The summed E-state index contributed by atoms with van der Waals surface area (Å²) in [6, 6.07) is 5.19. The molecule has 1 atom stereocenters. The molecule has 0 saturated heterocycles. The molecule has 1 amide bonds. The molecule has 0 spiro atoms. The third kappa shape index (κ3) is 2.84. The molecule has 0 bridgehead atoms. The van der Waals surface area contributed by atoms with Crippen molar-refractivity contribution in [3.8, 4) is 0 Å². The molecule has 1 aliphatic heterocycles. The van der Waals surface area contributed by atoms with Crippen molar-refractivity contribution in [3.63, 3.8) is 0 Å². The Morgan fingerprint density at radius 2 is 2.15 bits per heavy atom. The van der Waals surface area contributed by atoms with Gasteiger partial charge in [0.15, 0.2) is 0 Å². The van der Waals surface area contributed by atoms with E-state index in [2.05, 4.69) is 13.8 Å². The molecule has 0 saturated carbocycles. The third-order valence-corrected chi connectivity index (χ3v) is 4.00. The first kappa shape index (κ1) is 14.6. The molecule has 0 fully saturated rings. The molecule has 1 aromatic rings. The predicted octanol–water partition coefficient (Wildman–Crippen LogP) is 3.10. The van der Waals surface area contributed by atoms with E-state index >= 15 is 0 Å². The maximum atomic E-state index is 12.4. The summed E-state index contributed by atoms with van der Waals surface area (Å²) >= 11 is 0. The highest BCUT2D eigenvalue weighted by Crippen LogP contribution is 2.31. The number of rotatable bonds is 4. The summed E-state index contributed by atoms with van der Waals surface area (Å²) < 4.78 is 0. The minimum Gasteiger partial charge on any atom is -0.478 e. The normalized spacial score (nSPS) is 15.6. The van der Waals surface area contributed by atoms with Crippen molar-refractivity contribution in [1.29, 1.82) is 0 Å². The molecule has 2 rings (SSSR count). The Hall–Kier alpha value is -1.84. The van der Waals surface area contributed by atoms with Crippen LogP contribution in [0.2, 0.25) is 0 Å². The first-order valence-electron chi connectivity index (χ1n) is 7.20. The largest absolute Gasteiger partial charge is 0.478 e. The van der Waals surface area contributed by atoms with Crippen LogP contribution in [-0.2, 0) is 11.2 Å². The zero-order valence-corrected chi connectivity index (χ0v) is 12.1. The van der Waals surface area contributed by atoms with Gasteiger partial charge in [-0.2, -0.15) is 0 Å². The van der Waals surface area contributed by atoms with Gasteiger partial charge < -0.3 is 10.0 Å². The first-order valence-corrected chi connectivity index (χ1v) is 7.20. The number of anilines is 1. The van der Waals surface area contributed by atoms with Crippen LogP contribution in [0.15, 0.2) is 18.2 Å². The second-order valence-electron chi connectivity index (χ2n) is 5.47. The molecule has 1 aromatic carbocycles. The smallest absolute Gasteiger partial charge is 0.336 e. The van der Waals surface area contributed by atoms with Gasteiger partial charge in [-0.05, 0) is 36.5 Å². The number of benzene rings is 1. The average Bonchev–Trinajstić information content (AvgIpc) is 2.45. The van der Waals surface area contributed by atoms with Crippen LogP contribution in [0.3, 0.4) is 0 Å². The lowest BCUT2D eigenvalue weighted by Gasteiger charge is -2.31. The fraction of sp³-hybridized carbons (Fsp3) is 0.500. The molecule has 0 aliphatic carbocycles. The zero-order valence-electron chi connectivity index (χ0n) is 12.1. The first-order chi connectivity index (χ1) is 9.54. The Morgan fingerprint density at radius 3 is 2.80 bits per heavy atom. The minimum absolute atomic E-state index is 0.0999. The van der Waals surface area contributed by atoms with Crippen LogP contribution in [0.25, 0.3) is 0 Å². The molecule has 1 aliphatic rings. The summed E-state index contributed by atoms with van der Waals surface area (Å²) in [6.45, 7) is 4.83. The summed E-state index contributed by atoms with van der Waals surface area (Å²) in [7, 11) is 0. The number of hydrogen-bond acceptors (Lipinski definition) is 2. The lowest BCUT2D eigenvalue weighted by atomic mass is 9.95. The van der Waals surface area contributed by atoms with Gasteiger partial charge in [-0.25, -0.2) is 4.79 Å². The van der Waals surface area contributed by atoms with Crippen LogP contribution in [0.5, 0.6) is 0 Å². The number of fused-ring (bicyclic) bond motifs is 1. The SMILES string of the molecule is CCC(C)CC(=O)N1CCCc2c(C(=O)O)cccc21. The molecule has 0 aromatic heterocycles. The van der Waals surface area contributed by atoms with E-state index in [4.69, 9.17) is 0 Å². The molecule has 0 radical (unpaired) electrons. The third-order valence-electron chi connectivity index (χ3n) is 4.00. The summed E-state index contributed by atoms with van der Waals surface area (Å²) in [5.41, 5.74) is 1.90. The van der Waals surface area contributed by atoms with Gasteiger partial charge >= 0.3 is 5.97 Å². The van der Waals surface area contributed by atoms with Crippen molar-refractivity contribution in [2.24, 2.45) is 5.92 Å². The van der Waals surface area contributed by atoms with Gasteiger partial charge in [-0.3, -0.25) is 4.79 Å². The van der Waals surface area contributed by atoms with Crippen molar-refractivity contribution in [3.05, 3.63) is 29.3 Å². The van der Waals surface area contributed by atoms with Crippen LogP contribution in [0.1, 0.15) is 49.0 Å². The average molecular weight is 275 g/mol. The van der Waals surface area contributed by atoms with E-state index in [1.165, 1.54) is 0 Å². The Labute approximate surface area is 119 Å². The summed E-state index contributed by atoms with van der Waals surface area (Å²) in [5.74, 6) is -0.462. The number of nitrogens with zero attached hydrogens (tertiary/aromatic N) is 1. The standard InChI is InChI=1S/C16H21NO3/c1-3-11(2)10-15(18)17-9-5-7-12-13(16(19)20)6-4-8-14(12)17/h4,6,8,11H,3,5,7,9-10H2,1-2H3,(H,19,20). The lowest BCUT2D eigenvalue weighted by molar-refractivity contribution is -0.119. The maximum absolute atomic E-state index is 12.4. The topological polar surface area (TPSA) is 57.6 Å². The fourth-order valence-corrected chi connectivity index (χ4v) is 2.64. The van der Waals surface area contributed by atoms with Gasteiger partial charge in [0.1, 0.15) is 0 Å². The summed E-state index contributed by atoms with van der Waals surface area (Å²) in [6.07, 6.45) is 3.04. The highest BCUT2D eigenvalue weighted by Gasteiger charge is 2.26. The van der Waals surface area contributed by atoms with Crippen LogP contribution in [0.4, 0.5) is 5.69 Å². The Balaban J connectivity index is 2.31. The molecular formula is C16H21NO3. The second kappa shape index (κ2) is 6.07. The highest BCUT2D eigenvalue weighted by molar-refractivity contribution is 5.98. The number of carboxylic acid groups (broad SMARTS) is 1. The van der Waals surface area contributed by atoms with Crippen LogP contribution >= 0.6 is 0 Å². The Bertz CT molecular complexity index is 524. The molecule has 108 valence electrons. The van der Waals surface area contributed by atoms with E-state index in [0.29, 0.717) is 24.4 Å². The monoisotopic (exact) mass is 275 g/mol. The summed E-state index contributed by atoms with van der Waals surface area (Å²) in [4.78, 5) is 25.4. The minimum atomic E-state index is -0.918. The van der Waals surface area contributed by atoms with Crippen LogP contribution < -0.4 is 4.90 Å². The van der Waals surface area contributed by atoms with Crippen LogP contribution in [0, 0.1) is 5.92 Å². The van der Waals surface area contributed by atoms with Crippen LogP contribution in [-0.4, -0.2) is 23.5 Å². The van der Waals surface area contributed by atoms with Gasteiger partial charge in [0, 0.05) is 18.7 Å². The van der Waals surface area contributed by atoms with Gasteiger partial charge in [0.25, 0.3) is 0 Å². The van der Waals surface area contributed by atoms with Crippen molar-refractivity contribution in [2.75, 3.05) is 11.4 Å². The Morgan fingerprint density at radius 1 is 1.40 bits per heavy atom. The van der Waals surface area contributed by atoms with E-state index in [1.807, 2.05) is 6.07 Å². The lowest BCUT2D eigenvalue weighted by Crippen LogP contribution is -2.36. The number of amides is 1. The highest BCUT2D eigenvalue weighted by atomic mass is 16.4. The molecular weight excluding hydrogens is 254 g/mol. The molecule has 1 unspecified atom stereocenters. The van der Waals surface area contributed by atoms with Gasteiger partial charge in [-0.1, -0.05) is 26.3 Å². The van der Waals surface area contributed by atoms with Crippen molar-refractivity contribution in [2.45, 2.75) is 39.5 Å². The second-order valence-corrected chi connectivity index (χ2v) is 5.47. The number of carbonyl (C=O) groups is 2. The van der Waals surface area contributed by atoms with E-state index in [1.54, 1.807) is 17.0 Å².